The monoisotopic (exact) mass is 322 g/mol. The number of amides is 1. The molecule has 1 N–H and O–H groups in total. The molecule has 0 aliphatic heterocycles. The highest BCUT2D eigenvalue weighted by Gasteiger charge is 2.15. The molecule has 0 saturated heterocycles. The van der Waals surface area contributed by atoms with Crippen molar-refractivity contribution >= 4 is 23.2 Å². The number of aromatic nitrogens is 1. The van der Waals surface area contributed by atoms with Crippen molar-refractivity contribution in [1.82, 2.24) is 5.16 Å². The average Bonchev–Trinajstić information content (AvgIpc) is 2.96. The van der Waals surface area contributed by atoms with Crippen molar-refractivity contribution in [2.45, 2.75) is 33.1 Å². The van der Waals surface area contributed by atoms with Gasteiger partial charge in [0, 0.05) is 11.8 Å². The van der Waals surface area contributed by atoms with Gasteiger partial charge in [0.05, 0.1) is 17.3 Å². The summed E-state index contributed by atoms with van der Waals surface area (Å²) in [7, 11) is 0. The molecule has 0 radical (unpaired) electrons. The molecule has 6 heteroatoms. The lowest BCUT2D eigenvalue weighted by Crippen LogP contribution is -2.11. The van der Waals surface area contributed by atoms with E-state index < -0.39 is 0 Å². The lowest BCUT2D eigenvalue weighted by molar-refractivity contribution is 0.0987. The molecular weight excluding hydrogens is 304 g/mol. The van der Waals surface area contributed by atoms with Gasteiger partial charge >= 0.3 is 0 Å². The van der Waals surface area contributed by atoms with Gasteiger partial charge in [0.25, 0.3) is 5.91 Å². The molecule has 118 valence electrons. The number of benzene rings is 1. The maximum atomic E-state index is 12.1. The summed E-state index contributed by atoms with van der Waals surface area (Å²) < 4.78 is 10.5. The fraction of sp³-hybridized carbons (Fsp3) is 0.375. The lowest BCUT2D eigenvalue weighted by atomic mass is 10.1. The predicted molar refractivity (Wildman–Crippen MR) is 85.8 cm³/mol. The summed E-state index contributed by atoms with van der Waals surface area (Å²) in [5.41, 5.74) is 1.31. The highest BCUT2D eigenvalue weighted by Crippen LogP contribution is 2.28. The van der Waals surface area contributed by atoms with Crippen molar-refractivity contribution in [3.63, 3.8) is 0 Å². The zero-order chi connectivity index (χ0) is 16.1. The van der Waals surface area contributed by atoms with E-state index in [1.165, 1.54) is 0 Å². The zero-order valence-corrected chi connectivity index (χ0v) is 13.6. The first-order valence-corrected chi connectivity index (χ1v) is 7.59. The van der Waals surface area contributed by atoms with Gasteiger partial charge in [0.1, 0.15) is 5.75 Å². The first-order chi connectivity index (χ1) is 10.5. The summed E-state index contributed by atoms with van der Waals surface area (Å²) in [6.07, 6.45) is 0.901. The fourth-order valence-corrected chi connectivity index (χ4v) is 2.00. The topological polar surface area (TPSA) is 64.4 Å². The summed E-state index contributed by atoms with van der Waals surface area (Å²) >= 11 is 6.13. The molecule has 0 fully saturated rings. The smallest absolute Gasteiger partial charge is 0.294 e. The summed E-state index contributed by atoms with van der Waals surface area (Å²) in [4.78, 5) is 12.1. The van der Waals surface area contributed by atoms with Crippen LogP contribution in [0, 0.1) is 0 Å². The Hall–Kier alpha value is -2.01. The maximum absolute atomic E-state index is 12.1. The van der Waals surface area contributed by atoms with Crippen molar-refractivity contribution in [2.75, 3.05) is 11.9 Å². The molecule has 0 bridgehead atoms. The van der Waals surface area contributed by atoms with Gasteiger partial charge in [0.2, 0.25) is 5.76 Å². The summed E-state index contributed by atoms with van der Waals surface area (Å²) in [6, 6.07) is 6.74. The first-order valence-electron chi connectivity index (χ1n) is 7.21. The number of carbonyl (C=O) groups is 1. The SMILES string of the molecule is CCCOc1ccc(NC(=O)c2cc(C(C)C)no2)cc1Cl. The second-order valence-corrected chi connectivity index (χ2v) is 5.63. The van der Waals surface area contributed by atoms with E-state index in [9.17, 15) is 4.79 Å². The number of halogens is 1. The number of ether oxygens (including phenoxy) is 1. The van der Waals surface area contributed by atoms with E-state index in [4.69, 9.17) is 20.9 Å². The lowest BCUT2D eigenvalue weighted by Gasteiger charge is -2.09. The Kier molecular flexibility index (Phi) is 5.44. The van der Waals surface area contributed by atoms with Gasteiger partial charge in [-0.15, -0.1) is 0 Å². The normalized spacial score (nSPS) is 10.8. The second-order valence-electron chi connectivity index (χ2n) is 5.22. The molecule has 0 unspecified atom stereocenters. The van der Waals surface area contributed by atoms with Crippen LogP contribution in [0.3, 0.4) is 0 Å². The van der Waals surface area contributed by atoms with Gasteiger partial charge in [-0.2, -0.15) is 0 Å². The van der Waals surface area contributed by atoms with Crippen LogP contribution in [0.4, 0.5) is 5.69 Å². The van der Waals surface area contributed by atoms with Gasteiger partial charge in [-0.1, -0.05) is 37.5 Å². The van der Waals surface area contributed by atoms with Crippen LogP contribution in [-0.2, 0) is 0 Å². The third-order valence-corrected chi connectivity index (χ3v) is 3.29. The Morgan fingerprint density at radius 1 is 1.41 bits per heavy atom. The zero-order valence-electron chi connectivity index (χ0n) is 12.9. The van der Waals surface area contributed by atoms with E-state index in [-0.39, 0.29) is 17.6 Å². The predicted octanol–water partition coefficient (Wildman–Crippen LogP) is 4.49. The molecule has 2 rings (SSSR count). The second kappa shape index (κ2) is 7.31. The molecule has 0 saturated carbocycles. The van der Waals surface area contributed by atoms with Crippen molar-refractivity contribution in [1.29, 1.82) is 0 Å². The van der Waals surface area contributed by atoms with Crippen LogP contribution in [0.15, 0.2) is 28.8 Å². The molecule has 2 aromatic rings. The van der Waals surface area contributed by atoms with Crippen molar-refractivity contribution < 1.29 is 14.1 Å². The third kappa shape index (κ3) is 4.01. The van der Waals surface area contributed by atoms with E-state index in [0.717, 1.165) is 12.1 Å². The minimum absolute atomic E-state index is 0.172. The molecule has 5 nitrogen and oxygen atoms in total. The maximum Gasteiger partial charge on any atom is 0.294 e. The van der Waals surface area contributed by atoms with E-state index in [1.54, 1.807) is 24.3 Å². The van der Waals surface area contributed by atoms with Crippen LogP contribution < -0.4 is 10.1 Å². The molecule has 1 aromatic carbocycles. The molecule has 22 heavy (non-hydrogen) atoms. The van der Waals surface area contributed by atoms with Gasteiger partial charge in [-0.05, 0) is 30.5 Å². The standard InChI is InChI=1S/C16H19ClN2O3/c1-4-7-21-14-6-5-11(8-12(14)17)18-16(20)15-9-13(10(2)3)19-22-15/h5-6,8-10H,4,7H2,1-3H3,(H,18,20). The number of nitrogens with one attached hydrogen (secondary N) is 1. The number of hydrogen-bond acceptors (Lipinski definition) is 4. The quantitative estimate of drug-likeness (QED) is 0.850. The third-order valence-electron chi connectivity index (χ3n) is 3.00. The molecule has 0 spiro atoms. The van der Waals surface area contributed by atoms with Crippen LogP contribution in [0.5, 0.6) is 5.75 Å². The minimum Gasteiger partial charge on any atom is -0.492 e. The Balaban J connectivity index is 2.06. The summed E-state index contributed by atoms with van der Waals surface area (Å²) in [5.74, 6) is 0.613. The van der Waals surface area contributed by atoms with E-state index >= 15 is 0 Å². The first kappa shape index (κ1) is 16.4. The van der Waals surface area contributed by atoms with Crippen molar-refractivity contribution in [3.05, 3.63) is 40.7 Å². The van der Waals surface area contributed by atoms with Crippen LogP contribution >= 0.6 is 11.6 Å². The average molecular weight is 323 g/mol. The Labute approximate surface area is 134 Å². The Morgan fingerprint density at radius 3 is 2.77 bits per heavy atom. The largest absolute Gasteiger partial charge is 0.492 e. The number of anilines is 1. The number of carbonyl (C=O) groups excluding carboxylic acids is 1. The molecule has 1 amide bonds. The van der Waals surface area contributed by atoms with Crippen LogP contribution in [-0.4, -0.2) is 17.7 Å². The minimum atomic E-state index is -0.363. The number of nitrogens with zero attached hydrogens (tertiary/aromatic N) is 1. The summed E-state index contributed by atoms with van der Waals surface area (Å²) in [5, 5.41) is 7.03. The Morgan fingerprint density at radius 2 is 2.18 bits per heavy atom. The Bertz CT molecular complexity index is 653. The molecular formula is C16H19ClN2O3. The van der Waals surface area contributed by atoms with E-state index in [2.05, 4.69) is 10.5 Å². The molecule has 1 aromatic heterocycles. The van der Waals surface area contributed by atoms with Crippen LogP contribution in [0.2, 0.25) is 5.02 Å². The fourth-order valence-electron chi connectivity index (χ4n) is 1.77. The molecule has 1 heterocycles. The van der Waals surface area contributed by atoms with Gasteiger partial charge in [-0.3, -0.25) is 4.79 Å². The summed E-state index contributed by atoms with van der Waals surface area (Å²) in [6.45, 7) is 6.58. The van der Waals surface area contributed by atoms with Crippen LogP contribution in [0.1, 0.15) is 49.4 Å². The number of rotatable bonds is 6. The van der Waals surface area contributed by atoms with Gasteiger partial charge in [0.15, 0.2) is 0 Å². The van der Waals surface area contributed by atoms with Gasteiger partial charge in [-0.25, -0.2) is 0 Å². The van der Waals surface area contributed by atoms with E-state index in [1.807, 2.05) is 20.8 Å². The number of hydrogen-bond donors (Lipinski definition) is 1. The highest BCUT2D eigenvalue weighted by atomic mass is 35.5. The highest BCUT2D eigenvalue weighted by molar-refractivity contribution is 6.32. The molecule has 0 aliphatic rings. The van der Waals surface area contributed by atoms with Gasteiger partial charge < -0.3 is 14.6 Å². The van der Waals surface area contributed by atoms with Crippen molar-refractivity contribution in [2.24, 2.45) is 0 Å². The van der Waals surface area contributed by atoms with Crippen molar-refractivity contribution in [3.8, 4) is 5.75 Å². The van der Waals surface area contributed by atoms with Crippen LogP contribution in [0.25, 0.3) is 0 Å². The van der Waals surface area contributed by atoms with E-state index in [0.29, 0.717) is 23.1 Å². The molecule has 0 atom stereocenters. The molecule has 0 aliphatic carbocycles.